The van der Waals surface area contributed by atoms with Gasteiger partial charge >= 0.3 is 0 Å². The van der Waals surface area contributed by atoms with Gasteiger partial charge in [0.15, 0.2) is 0 Å². The Balaban J connectivity index is 1.59. The molecule has 1 heterocycles. The van der Waals surface area contributed by atoms with Crippen LogP contribution in [0.5, 0.6) is 0 Å². The van der Waals surface area contributed by atoms with Gasteiger partial charge in [-0.3, -0.25) is 4.79 Å². The van der Waals surface area contributed by atoms with Crippen LogP contribution >= 0.6 is 0 Å². The molecule has 0 spiro atoms. The lowest BCUT2D eigenvalue weighted by molar-refractivity contribution is -0.122. The standard InChI is InChI=1S/C14H26N2O/c1-11-2-4-12(5-3-11)10-16-14(17)8-13-6-7-15-9-13/h11-13,15H,2-10H2,1H3,(H,16,17). The maximum absolute atomic E-state index is 11.8. The van der Waals surface area contributed by atoms with Crippen LogP contribution in [-0.4, -0.2) is 25.5 Å². The predicted molar refractivity (Wildman–Crippen MR) is 69.7 cm³/mol. The average molecular weight is 238 g/mol. The molecule has 98 valence electrons. The Hall–Kier alpha value is -0.570. The van der Waals surface area contributed by atoms with Gasteiger partial charge < -0.3 is 10.6 Å². The zero-order valence-electron chi connectivity index (χ0n) is 11.0. The summed E-state index contributed by atoms with van der Waals surface area (Å²) >= 11 is 0. The first-order valence-corrected chi connectivity index (χ1v) is 7.21. The van der Waals surface area contributed by atoms with E-state index in [0.717, 1.165) is 44.3 Å². The zero-order chi connectivity index (χ0) is 12.1. The van der Waals surface area contributed by atoms with Crippen molar-refractivity contribution in [3.05, 3.63) is 0 Å². The molecule has 0 radical (unpaired) electrons. The molecule has 1 saturated heterocycles. The fraction of sp³-hybridized carbons (Fsp3) is 0.929. The molecule has 2 rings (SSSR count). The molecule has 3 heteroatoms. The van der Waals surface area contributed by atoms with Crippen LogP contribution in [-0.2, 0) is 4.79 Å². The number of amides is 1. The van der Waals surface area contributed by atoms with Gasteiger partial charge in [-0.2, -0.15) is 0 Å². The fourth-order valence-corrected chi connectivity index (χ4v) is 3.01. The molecule has 0 bridgehead atoms. The third-order valence-electron chi connectivity index (χ3n) is 4.36. The van der Waals surface area contributed by atoms with Crippen molar-refractivity contribution in [2.24, 2.45) is 17.8 Å². The number of carbonyl (C=O) groups is 1. The summed E-state index contributed by atoms with van der Waals surface area (Å²) in [5.41, 5.74) is 0. The number of hydrogen-bond acceptors (Lipinski definition) is 2. The van der Waals surface area contributed by atoms with Crippen LogP contribution < -0.4 is 10.6 Å². The van der Waals surface area contributed by atoms with Gasteiger partial charge in [0.1, 0.15) is 0 Å². The summed E-state index contributed by atoms with van der Waals surface area (Å²) in [5, 5.41) is 6.44. The molecular formula is C14H26N2O. The third-order valence-corrected chi connectivity index (χ3v) is 4.36. The van der Waals surface area contributed by atoms with Crippen molar-refractivity contribution in [1.82, 2.24) is 10.6 Å². The van der Waals surface area contributed by atoms with E-state index in [9.17, 15) is 4.79 Å². The lowest BCUT2D eigenvalue weighted by Crippen LogP contribution is -2.32. The summed E-state index contributed by atoms with van der Waals surface area (Å²) in [6.45, 7) is 5.35. The van der Waals surface area contributed by atoms with Gasteiger partial charge in [-0.15, -0.1) is 0 Å². The minimum atomic E-state index is 0.261. The molecule has 1 amide bonds. The monoisotopic (exact) mass is 238 g/mol. The molecule has 1 atom stereocenters. The molecule has 3 nitrogen and oxygen atoms in total. The summed E-state index contributed by atoms with van der Waals surface area (Å²) in [6.07, 6.45) is 7.16. The van der Waals surface area contributed by atoms with Crippen LogP contribution in [0, 0.1) is 17.8 Å². The fourth-order valence-electron chi connectivity index (χ4n) is 3.01. The van der Waals surface area contributed by atoms with E-state index in [1.165, 1.54) is 25.7 Å². The largest absolute Gasteiger partial charge is 0.356 e. The molecular weight excluding hydrogens is 212 g/mol. The Labute approximate surface area is 105 Å². The lowest BCUT2D eigenvalue weighted by atomic mass is 9.83. The van der Waals surface area contributed by atoms with E-state index in [4.69, 9.17) is 0 Å². The van der Waals surface area contributed by atoms with E-state index in [2.05, 4.69) is 17.6 Å². The number of carbonyl (C=O) groups excluding carboxylic acids is 1. The maximum Gasteiger partial charge on any atom is 0.220 e. The second-order valence-corrected chi connectivity index (χ2v) is 5.99. The van der Waals surface area contributed by atoms with Gasteiger partial charge in [-0.1, -0.05) is 19.8 Å². The molecule has 0 aromatic heterocycles. The van der Waals surface area contributed by atoms with Crippen LogP contribution in [0.1, 0.15) is 45.4 Å². The second kappa shape index (κ2) is 6.39. The first kappa shape index (κ1) is 12.9. The van der Waals surface area contributed by atoms with E-state index in [-0.39, 0.29) is 5.91 Å². The first-order valence-electron chi connectivity index (χ1n) is 7.21. The molecule has 2 fully saturated rings. The van der Waals surface area contributed by atoms with Crippen molar-refractivity contribution in [2.45, 2.75) is 45.4 Å². The van der Waals surface area contributed by atoms with Gasteiger partial charge in [0.2, 0.25) is 5.91 Å². The quantitative estimate of drug-likeness (QED) is 0.786. The molecule has 1 saturated carbocycles. The molecule has 17 heavy (non-hydrogen) atoms. The summed E-state index contributed by atoms with van der Waals surface area (Å²) < 4.78 is 0. The maximum atomic E-state index is 11.8. The van der Waals surface area contributed by atoms with Crippen LogP contribution in [0.25, 0.3) is 0 Å². The zero-order valence-corrected chi connectivity index (χ0v) is 11.0. The highest BCUT2D eigenvalue weighted by atomic mass is 16.1. The van der Waals surface area contributed by atoms with Gasteiger partial charge in [0, 0.05) is 13.0 Å². The normalized spacial score (nSPS) is 33.6. The van der Waals surface area contributed by atoms with Crippen LogP contribution in [0.3, 0.4) is 0 Å². The first-order chi connectivity index (χ1) is 8.24. The Morgan fingerprint density at radius 1 is 1.18 bits per heavy atom. The van der Waals surface area contributed by atoms with Crippen molar-refractivity contribution in [1.29, 1.82) is 0 Å². The van der Waals surface area contributed by atoms with Gasteiger partial charge in [0.05, 0.1) is 0 Å². The van der Waals surface area contributed by atoms with E-state index in [0.29, 0.717) is 5.92 Å². The van der Waals surface area contributed by atoms with Crippen molar-refractivity contribution in [2.75, 3.05) is 19.6 Å². The Morgan fingerprint density at radius 2 is 1.94 bits per heavy atom. The van der Waals surface area contributed by atoms with E-state index >= 15 is 0 Å². The van der Waals surface area contributed by atoms with E-state index in [1.54, 1.807) is 0 Å². The van der Waals surface area contributed by atoms with Crippen molar-refractivity contribution in [3.8, 4) is 0 Å². The molecule has 1 aliphatic heterocycles. The van der Waals surface area contributed by atoms with Crippen LogP contribution in [0.2, 0.25) is 0 Å². The van der Waals surface area contributed by atoms with Crippen LogP contribution in [0.15, 0.2) is 0 Å². The van der Waals surface area contributed by atoms with Crippen molar-refractivity contribution in [3.63, 3.8) is 0 Å². The molecule has 2 aliphatic rings. The molecule has 2 N–H and O–H groups in total. The van der Waals surface area contributed by atoms with E-state index in [1.807, 2.05) is 0 Å². The Bertz CT molecular complexity index is 241. The van der Waals surface area contributed by atoms with Gasteiger partial charge in [-0.05, 0) is 50.1 Å². The topological polar surface area (TPSA) is 41.1 Å². The summed E-state index contributed by atoms with van der Waals surface area (Å²) in [6, 6.07) is 0. The Morgan fingerprint density at radius 3 is 2.59 bits per heavy atom. The predicted octanol–water partition coefficient (Wildman–Crippen LogP) is 1.93. The van der Waals surface area contributed by atoms with Crippen molar-refractivity contribution < 1.29 is 4.79 Å². The number of nitrogens with one attached hydrogen (secondary N) is 2. The van der Waals surface area contributed by atoms with Crippen molar-refractivity contribution >= 4 is 5.91 Å². The third kappa shape index (κ3) is 4.30. The van der Waals surface area contributed by atoms with Gasteiger partial charge in [0.25, 0.3) is 0 Å². The highest BCUT2D eigenvalue weighted by molar-refractivity contribution is 5.76. The average Bonchev–Trinajstić information content (AvgIpc) is 2.81. The highest BCUT2D eigenvalue weighted by Crippen LogP contribution is 2.27. The molecule has 0 aromatic rings. The summed E-state index contributed by atoms with van der Waals surface area (Å²) in [4.78, 5) is 11.8. The summed E-state index contributed by atoms with van der Waals surface area (Å²) in [5.74, 6) is 2.46. The lowest BCUT2D eigenvalue weighted by Gasteiger charge is -2.26. The highest BCUT2D eigenvalue weighted by Gasteiger charge is 2.20. The Kier molecular flexibility index (Phi) is 4.84. The molecule has 1 aliphatic carbocycles. The number of hydrogen-bond donors (Lipinski definition) is 2. The minimum Gasteiger partial charge on any atom is -0.356 e. The SMILES string of the molecule is CC1CCC(CNC(=O)CC2CCNC2)CC1. The summed E-state index contributed by atoms with van der Waals surface area (Å²) in [7, 11) is 0. The smallest absolute Gasteiger partial charge is 0.220 e. The second-order valence-electron chi connectivity index (χ2n) is 5.99. The molecule has 0 aromatic carbocycles. The molecule has 1 unspecified atom stereocenters. The van der Waals surface area contributed by atoms with Crippen LogP contribution in [0.4, 0.5) is 0 Å². The van der Waals surface area contributed by atoms with Gasteiger partial charge in [-0.25, -0.2) is 0 Å². The van der Waals surface area contributed by atoms with E-state index < -0.39 is 0 Å². The number of rotatable bonds is 4. The minimum absolute atomic E-state index is 0.261.